The SMILES string of the molecule is CC(C)(C)COC(=O)CCN(CCCN(CCO)CCO)CCC(=O)OCC(C)(C)C. The molecule has 0 aliphatic carbocycles. The van der Waals surface area contributed by atoms with Crippen molar-refractivity contribution in [1.82, 2.24) is 9.80 Å². The summed E-state index contributed by atoms with van der Waals surface area (Å²) < 4.78 is 10.7. The van der Waals surface area contributed by atoms with E-state index in [4.69, 9.17) is 19.7 Å². The Morgan fingerprint density at radius 2 is 1.00 bits per heavy atom. The third-order valence-electron chi connectivity index (χ3n) is 4.38. The summed E-state index contributed by atoms with van der Waals surface area (Å²) in [5.41, 5.74) is -0.149. The first-order valence-corrected chi connectivity index (χ1v) is 11.3. The second-order valence-electron chi connectivity index (χ2n) is 10.4. The number of aliphatic hydroxyl groups excluding tert-OH is 2. The Balaban J connectivity index is 4.62. The predicted octanol–water partition coefficient (Wildman–Crippen LogP) is 1.92. The van der Waals surface area contributed by atoms with Crippen molar-refractivity contribution in [3.63, 3.8) is 0 Å². The zero-order valence-corrected chi connectivity index (χ0v) is 20.6. The van der Waals surface area contributed by atoms with Gasteiger partial charge in [-0.05, 0) is 30.3 Å². The summed E-state index contributed by atoms with van der Waals surface area (Å²) >= 11 is 0. The maximum atomic E-state index is 12.1. The van der Waals surface area contributed by atoms with Crippen LogP contribution in [0.25, 0.3) is 0 Å². The van der Waals surface area contributed by atoms with Crippen LogP contribution in [0.3, 0.4) is 0 Å². The highest BCUT2D eigenvalue weighted by Gasteiger charge is 2.17. The molecule has 0 unspecified atom stereocenters. The van der Waals surface area contributed by atoms with E-state index in [9.17, 15) is 9.59 Å². The molecule has 0 saturated carbocycles. The van der Waals surface area contributed by atoms with E-state index in [-0.39, 0.29) is 48.8 Å². The van der Waals surface area contributed by atoms with Gasteiger partial charge in [-0.15, -0.1) is 0 Å². The molecule has 0 heterocycles. The third kappa shape index (κ3) is 19.2. The molecule has 0 aromatic rings. The Hall–Kier alpha value is -1.22. The standard InChI is InChI=1S/C23H46N2O6/c1-22(2,3)18-30-20(28)8-12-24(10-7-11-25(14-16-26)15-17-27)13-9-21(29)31-19-23(4,5)6/h26-27H,7-19H2,1-6H3. The lowest BCUT2D eigenvalue weighted by Crippen LogP contribution is -2.35. The quantitative estimate of drug-likeness (QED) is 0.347. The summed E-state index contributed by atoms with van der Waals surface area (Å²) in [5, 5.41) is 18.3. The molecule has 0 atom stereocenters. The van der Waals surface area contributed by atoms with Crippen LogP contribution in [0.2, 0.25) is 0 Å². The lowest BCUT2D eigenvalue weighted by atomic mass is 9.99. The summed E-state index contributed by atoms with van der Waals surface area (Å²) in [4.78, 5) is 28.3. The second-order valence-corrected chi connectivity index (χ2v) is 10.4. The summed E-state index contributed by atoms with van der Waals surface area (Å²) in [6.45, 7) is 16.4. The van der Waals surface area contributed by atoms with Gasteiger partial charge >= 0.3 is 11.9 Å². The zero-order chi connectivity index (χ0) is 23.9. The van der Waals surface area contributed by atoms with Crippen molar-refractivity contribution in [3.8, 4) is 0 Å². The first-order chi connectivity index (χ1) is 14.4. The molecule has 31 heavy (non-hydrogen) atoms. The van der Waals surface area contributed by atoms with Gasteiger partial charge in [0.15, 0.2) is 0 Å². The Morgan fingerprint density at radius 1 is 0.645 bits per heavy atom. The number of carbonyl (C=O) groups excluding carboxylic acids is 2. The highest BCUT2D eigenvalue weighted by molar-refractivity contribution is 5.70. The minimum atomic E-state index is -0.238. The summed E-state index contributed by atoms with van der Waals surface area (Å²) in [7, 11) is 0. The number of nitrogens with zero attached hydrogens (tertiary/aromatic N) is 2. The van der Waals surface area contributed by atoms with Crippen molar-refractivity contribution < 1.29 is 29.3 Å². The van der Waals surface area contributed by atoms with Crippen LogP contribution >= 0.6 is 0 Å². The zero-order valence-electron chi connectivity index (χ0n) is 20.6. The van der Waals surface area contributed by atoms with Gasteiger partial charge in [0.25, 0.3) is 0 Å². The minimum Gasteiger partial charge on any atom is -0.465 e. The maximum absolute atomic E-state index is 12.1. The van der Waals surface area contributed by atoms with Crippen LogP contribution in [0.1, 0.15) is 60.8 Å². The van der Waals surface area contributed by atoms with Gasteiger partial charge in [-0.3, -0.25) is 14.5 Å². The van der Waals surface area contributed by atoms with Crippen LogP contribution in [-0.4, -0.2) is 97.6 Å². The van der Waals surface area contributed by atoms with Gasteiger partial charge in [0, 0.05) is 26.2 Å². The molecule has 184 valence electrons. The fourth-order valence-corrected chi connectivity index (χ4v) is 2.71. The Bertz CT molecular complexity index is 459. The number of rotatable bonds is 16. The molecule has 8 heteroatoms. The molecule has 0 bridgehead atoms. The lowest BCUT2D eigenvalue weighted by Gasteiger charge is -2.25. The van der Waals surface area contributed by atoms with Gasteiger partial charge in [-0.1, -0.05) is 41.5 Å². The molecule has 0 fully saturated rings. The molecule has 8 nitrogen and oxygen atoms in total. The molecule has 0 spiro atoms. The maximum Gasteiger partial charge on any atom is 0.307 e. The number of esters is 2. The van der Waals surface area contributed by atoms with Crippen molar-refractivity contribution in [3.05, 3.63) is 0 Å². The first-order valence-electron chi connectivity index (χ1n) is 11.3. The van der Waals surface area contributed by atoms with Crippen molar-refractivity contribution in [2.75, 3.05) is 65.7 Å². The number of ether oxygens (including phenoxy) is 2. The number of aliphatic hydroxyl groups is 2. The molecule has 0 aliphatic rings. The van der Waals surface area contributed by atoms with E-state index in [1.165, 1.54) is 0 Å². The fourth-order valence-electron chi connectivity index (χ4n) is 2.71. The molecule has 0 aliphatic heterocycles. The van der Waals surface area contributed by atoms with E-state index in [2.05, 4.69) is 4.90 Å². The molecule has 2 N–H and O–H groups in total. The van der Waals surface area contributed by atoms with E-state index in [1.54, 1.807) is 0 Å². The minimum absolute atomic E-state index is 0.0446. The second kappa shape index (κ2) is 15.6. The molecular weight excluding hydrogens is 400 g/mol. The molecule has 0 rings (SSSR count). The fraction of sp³-hybridized carbons (Fsp3) is 0.913. The van der Waals surface area contributed by atoms with Crippen molar-refractivity contribution in [1.29, 1.82) is 0 Å². The van der Waals surface area contributed by atoms with E-state index >= 15 is 0 Å². The summed E-state index contributed by atoms with van der Waals surface area (Å²) in [6.07, 6.45) is 1.34. The highest BCUT2D eigenvalue weighted by Crippen LogP contribution is 2.14. The average molecular weight is 447 g/mol. The topological polar surface area (TPSA) is 99.5 Å². The molecule has 0 amide bonds. The van der Waals surface area contributed by atoms with Crippen molar-refractivity contribution in [2.24, 2.45) is 10.8 Å². The van der Waals surface area contributed by atoms with E-state index in [0.29, 0.717) is 45.9 Å². The summed E-state index contributed by atoms with van der Waals surface area (Å²) in [6, 6.07) is 0. The van der Waals surface area contributed by atoms with E-state index in [1.807, 2.05) is 46.4 Å². The smallest absolute Gasteiger partial charge is 0.307 e. The van der Waals surface area contributed by atoms with Crippen LogP contribution < -0.4 is 0 Å². The van der Waals surface area contributed by atoms with Gasteiger partial charge in [0.05, 0.1) is 39.3 Å². The van der Waals surface area contributed by atoms with Gasteiger partial charge in [0.1, 0.15) is 0 Å². The Kier molecular flexibility index (Phi) is 14.9. The number of hydrogen-bond acceptors (Lipinski definition) is 8. The normalized spacial score (nSPS) is 12.5. The van der Waals surface area contributed by atoms with Gasteiger partial charge in [-0.25, -0.2) is 0 Å². The summed E-state index contributed by atoms with van der Waals surface area (Å²) in [5.74, 6) is -0.477. The largest absolute Gasteiger partial charge is 0.465 e. The number of hydrogen-bond donors (Lipinski definition) is 2. The van der Waals surface area contributed by atoms with Gasteiger partial charge in [-0.2, -0.15) is 0 Å². The lowest BCUT2D eigenvalue weighted by molar-refractivity contribution is -0.147. The Morgan fingerprint density at radius 3 is 1.32 bits per heavy atom. The molecule has 0 saturated heterocycles. The average Bonchev–Trinajstić information content (AvgIpc) is 2.65. The molecular formula is C23H46N2O6. The van der Waals surface area contributed by atoms with Gasteiger partial charge in [0.2, 0.25) is 0 Å². The predicted molar refractivity (Wildman–Crippen MR) is 122 cm³/mol. The first kappa shape index (κ1) is 29.8. The van der Waals surface area contributed by atoms with E-state index in [0.717, 1.165) is 13.0 Å². The molecule has 0 aromatic heterocycles. The van der Waals surface area contributed by atoms with Crippen LogP contribution in [-0.2, 0) is 19.1 Å². The molecule has 0 aromatic carbocycles. The van der Waals surface area contributed by atoms with E-state index < -0.39 is 0 Å². The van der Waals surface area contributed by atoms with Crippen LogP contribution in [0, 0.1) is 10.8 Å². The van der Waals surface area contributed by atoms with Crippen LogP contribution in [0.15, 0.2) is 0 Å². The van der Waals surface area contributed by atoms with Crippen LogP contribution in [0.4, 0.5) is 0 Å². The number of carbonyl (C=O) groups is 2. The highest BCUT2D eigenvalue weighted by atomic mass is 16.5. The molecule has 0 radical (unpaired) electrons. The third-order valence-corrected chi connectivity index (χ3v) is 4.38. The Labute approximate surface area is 188 Å². The van der Waals surface area contributed by atoms with Crippen LogP contribution in [0.5, 0.6) is 0 Å². The van der Waals surface area contributed by atoms with Crippen molar-refractivity contribution in [2.45, 2.75) is 60.8 Å². The van der Waals surface area contributed by atoms with Crippen molar-refractivity contribution >= 4 is 11.9 Å². The monoisotopic (exact) mass is 446 g/mol. The van der Waals surface area contributed by atoms with Gasteiger partial charge < -0.3 is 24.6 Å².